The van der Waals surface area contributed by atoms with Crippen LogP contribution in [-0.2, 0) is 17.8 Å². The lowest BCUT2D eigenvalue weighted by Crippen LogP contribution is -2.31. The summed E-state index contributed by atoms with van der Waals surface area (Å²) in [5.41, 5.74) is 2.82. The van der Waals surface area contributed by atoms with E-state index in [1.165, 1.54) is 0 Å². The average Bonchev–Trinajstić information content (AvgIpc) is 3.07. The van der Waals surface area contributed by atoms with Crippen LogP contribution in [0.1, 0.15) is 11.3 Å². The number of para-hydroxylation sites is 1. The summed E-state index contributed by atoms with van der Waals surface area (Å²) < 4.78 is 0. The van der Waals surface area contributed by atoms with E-state index < -0.39 is 0 Å². The minimum atomic E-state index is 0.0410. The molecule has 22 heavy (non-hydrogen) atoms. The minimum absolute atomic E-state index is 0.0410. The number of nitrogens with zero attached hydrogens (tertiary/aromatic N) is 2. The van der Waals surface area contributed by atoms with Gasteiger partial charge >= 0.3 is 0 Å². The van der Waals surface area contributed by atoms with E-state index in [1.54, 1.807) is 17.4 Å². The van der Waals surface area contributed by atoms with Gasteiger partial charge in [-0.05, 0) is 17.7 Å². The molecule has 1 heterocycles. The molecule has 0 spiro atoms. The Kier molecular flexibility index (Phi) is 4.30. The smallest absolute Gasteiger partial charge is 0.233 e. The zero-order chi connectivity index (χ0) is 15.2. The molecule has 0 atom stereocenters. The first-order valence-electron chi connectivity index (χ1n) is 7.19. The van der Waals surface area contributed by atoms with Gasteiger partial charge in [0.25, 0.3) is 0 Å². The lowest BCUT2D eigenvalue weighted by Gasteiger charge is -2.23. The van der Waals surface area contributed by atoms with Crippen LogP contribution in [-0.4, -0.2) is 15.9 Å². The summed E-state index contributed by atoms with van der Waals surface area (Å²) in [7, 11) is 0. The highest BCUT2D eigenvalue weighted by atomic mass is 16.2. The Morgan fingerprint density at radius 1 is 1.00 bits per heavy atom. The normalized spacial score (nSPS) is 10.4. The maximum atomic E-state index is 12.7. The van der Waals surface area contributed by atoms with E-state index in [9.17, 15) is 4.79 Å². The van der Waals surface area contributed by atoms with Gasteiger partial charge in [0.15, 0.2) is 0 Å². The number of carbonyl (C=O) groups excluding carboxylic acids is 1. The molecule has 0 fully saturated rings. The lowest BCUT2D eigenvalue weighted by molar-refractivity contribution is -0.118. The fraction of sp³-hybridized carbons (Fsp3) is 0.111. The van der Waals surface area contributed by atoms with Gasteiger partial charge in [0.2, 0.25) is 5.91 Å². The van der Waals surface area contributed by atoms with Crippen molar-refractivity contribution in [3.05, 3.63) is 84.4 Å². The van der Waals surface area contributed by atoms with E-state index >= 15 is 0 Å². The van der Waals surface area contributed by atoms with E-state index in [2.05, 4.69) is 9.97 Å². The number of benzene rings is 2. The van der Waals surface area contributed by atoms with E-state index in [4.69, 9.17) is 0 Å². The highest BCUT2D eigenvalue weighted by Crippen LogP contribution is 2.18. The van der Waals surface area contributed by atoms with Crippen LogP contribution in [0.2, 0.25) is 0 Å². The Morgan fingerprint density at radius 2 is 1.68 bits per heavy atom. The number of carbonyl (C=O) groups is 1. The van der Waals surface area contributed by atoms with Gasteiger partial charge in [-0.3, -0.25) is 4.79 Å². The van der Waals surface area contributed by atoms with Crippen molar-refractivity contribution < 1.29 is 4.79 Å². The van der Waals surface area contributed by atoms with Gasteiger partial charge in [-0.25, -0.2) is 4.98 Å². The third-order valence-corrected chi connectivity index (χ3v) is 3.45. The number of aromatic amines is 1. The molecule has 4 nitrogen and oxygen atoms in total. The summed E-state index contributed by atoms with van der Waals surface area (Å²) >= 11 is 0. The lowest BCUT2D eigenvalue weighted by atomic mass is 10.1. The van der Waals surface area contributed by atoms with E-state index in [-0.39, 0.29) is 5.91 Å². The molecule has 1 aromatic heterocycles. The van der Waals surface area contributed by atoms with Crippen LogP contribution in [0.25, 0.3) is 0 Å². The number of anilines is 1. The predicted molar refractivity (Wildman–Crippen MR) is 86.4 cm³/mol. The SMILES string of the molecule is O=C(Cc1cnc[nH]1)N(Cc1ccccc1)c1ccccc1. The molecule has 0 bridgehead atoms. The topological polar surface area (TPSA) is 49.0 Å². The van der Waals surface area contributed by atoms with Crippen LogP contribution in [0.3, 0.4) is 0 Å². The molecule has 0 saturated heterocycles. The Bertz CT molecular complexity index is 709. The van der Waals surface area contributed by atoms with Gasteiger partial charge in [-0.15, -0.1) is 0 Å². The molecule has 4 heteroatoms. The highest BCUT2D eigenvalue weighted by molar-refractivity contribution is 5.94. The second-order valence-corrected chi connectivity index (χ2v) is 5.05. The Morgan fingerprint density at radius 3 is 2.32 bits per heavy atom. The summed E-state index contributed by atoms with van der Waals surface area (Å²) in [5, 5.41) is 0. The van der Waals surface area contributed by atoms with Crippen molar-refractivity contribution in [1.29, 1.82) is 0 Å². The van der Waals surface area contributed by atoms with Crippen LogP contribution >= 0.6 is 0 Å². The van der Waals surface area contributed by atoms with Gasteiger partial charge in [0.05, 0.1) is 19.3 Å². The molecule has 3 rings (SSSR count). The van der Waals surface area contributed by atoms with Crippen LogP contribution in [0.15, 0.2) is 73.2 Å². The maximum Gasteiger partial charge on any atom is 0.233 e. The molecule has 0 saturated carbocycles. The molecular formula is C18H17N3O. The largest absolute Gasteiger partial charge is 0.348 e. The third-order valence-electron chi connectivity index (χ3n) is 3.45. The van der Waals surface area contributed by atoms with Crippen molar-refractivity contribution in [3.8, 4) is 0 Å². The first kappa shape index (κ1) is 14.1. The molecule has 3 aromatic rings. The maximum absolute atomic E-state index is 12.7. The number of H-pyrrole nitrogens is 1. The first-order chi connectivity index (χ1) is 10.8. The molecule has 0 aliphatic rings. The van der Waals surface area contributed by atoms with Crippen LogP contribution < -0.4 is 4.90 Å². The molecule has 1 N–H and O–H groups in total. The zero-order valence-electron chi connectivity index (χ0n) is 12.1. The second-order valence-electron chi connectivity index (χ2n) is 5.05. The summed E-state index contributed by atoms with van der Waals surface area (Å²) in [5.74, 6) is 0.0410. The van der Waals surface area contributed by atoms with Crippen LogP contribution in [0, 0.1) is 0 Å². The highest BCUT2D eigenvalue weighted by Gasteiger charge is 2.17. The molecule has 1 amide bonds. The van der Waals surface area contributed by atoms with Gasteiger partial charge in [0, 0.05) is 17.6 Å². The quantitative estimate of drug-likeness (QED) is 0.785. The first-order valence-corrected chi connectivity index (χ1v) is 7.19. The number of nitrogens with one attached hydrogen (secondary N) is 1. The van der Waals surface area contributed by atoms with Gasteiger partial charge < -0.3 is 9.88 Å². The molecule has 110 valence electrons. The van der Waals surface area contributed by atoms with Crippen molar-refractivity contribution >= 4 is 11.6 Å². The monoisotopic (exact) mass is 291 g/mol. The standard InChI is InChI=1S/C18H17N3O/c22-18(11-16-12-19-14-20-16)21(17-9-5-2-6-10-17)13-15-7-3-1-4-8-15/h1-10,12,14H,11,13H2,(H,19,20). The summed E-state index contributed by atoms with van der Waals surface area (Å²) in [6.45, 7) is 0.553. The Balaban J connectivity index is 1.84. The van der Waals surface area contributed by atoms with Crippen molar-refractivity contribution in [2.45, 2.75) is 13.0 Å². The van der Waals surface area contributed by atoms with E-state index in [0.717, 1.165) is 16.9 Å². The summed E-state index contributed by atoms with van der Waals surface area (Å²) in [6, 6.07) is 19.7. The zero-order valence-corrected chi connectivity index (χ0v) is 12.1. The van der Waals surface area contributed by atoms with Crippen molar-refractivity contribution in [2.75, 3.05) is 4.90 Å². The van der Waals surface area contributed by atoms with Gasteiger partial charge in [-0.2, -0.15) is 0 Å². The third kappa shape index (κ3) is 3.41. The van der Waals surface area contributed by atoms with E-state index in [1.807, 2.05) is 60.7 Å². The predicted octanol–water partition coefficient (Wildman–Crippen LogP) is 3.19. The minimum Gasteiger partial charge on any atom is -0.348 e. The fourth-order valence-electron chi connectivity index (χ4n) is 2.34. The molecule has 0 aliphatic carbocycles. The van der Waals surface area contributed by atoms with Crippen molar-refractivity contribution in [3.63, 3.8) is 0 Å². The van der Waals surface area contributed by atoms with Crippen molar-refractivity contribution in [1.82, 2.24) is 9.97 Å². The fourth-order valence-corrected chi connectivity index (χ4v) is 2.34. The van der Waals surface area contributed by atoms with Crippen LogP contribution in [0.5, 0.6) is 0 Å². The van der Waals surface area contributed by atoms with Gasteiger partial charge in [-0.1, -0.05) is 48.5 Å². The number of rotatable bonds is 5. The molecule has 2 aromatic carbocycles. The Labute approximate surface area is 129 Å². The number of amides is 1. The summed E-state index contributed by atoms with van der Waals surface area (Å²) in [6.07, 6.45) is 3.58. The number of aromatic nitrogens is 2. The molecule has 0 aliphatic heterocycles. The molecule has 0 radical (unpaired) electrons. The molecular weight excluding hydrogens is 274 g/mol. The Hall–Kier alpha value is -2.88. The summed E-state index contributed by atoms with van der Waals surface area (Å²) in [4.78, 5) is 21.4. The van der Waals surface area contributed by atoms with Crippen LogP contribution in [0.4, 0.5) is 5.69 Å². The average molecular weight is 291 g/mol. The molecule has 0 unspecified atom stereocenters. The number of hydrogen-bond acceptors (Lipinski definition) is 2. The van der Waals surface area contributed by atoms with Crippen molar-refractivity contribution in [2.24, 2.45) is 0 Å². The second kappa shape index (κ2) is 6.72. The van der Waals surface area contributed by atoms with Gasteiger partial charge in [0.1, 0.15) is 0 Å². The number of hydrogen-bond donors (Lipinski definition) is 1. The van der Waals surface area contributed by atoms with E-state index in [0.29, 0.717) is 13.0 Å². The number of imidazole rings is 1.